The highest BCUT2D eigenvalue weighted by Crippen LogP contribution is 2.36. The highest BCUT2D eigenvalue weighted by Gasteiger charge is 2.38. The van der Waals surface area contributed by atoms with Crippen molar-refractivity contribution in [1.82, 2.24) is 10.6 Å². The maximum atomic E-state index is 13.2. The maximum Gasteiger partial charge on any atom is 0.331 e. The molecule has 0 aliphatic carbocycles. The second kappa shape index (κ2) is 26.2. The first-order valence-corrected chi connectivity index (χ1v) is 22.7. The highest BCUT2D eigenvalue weighted by atomic mass is 28.4. The van der Waals surface area contributed by atoms with Crippen LogP contribution >= 0.6 is 0 Å². The molecular weight excluding hydrogens is 721 g/mol. The first-order valence-electron chi connectivity index (χ1n) is 19.8. The molecule has 2 amide bonds. The Hall–Kier alpha value is -3.83. The van der Waals surface area contributed by atoms with E-state index in [1.54, 1.807) is 14.2 Å². The van der Waals surface area contributed by atoms with Gasteiger partial charge in [0.25, 0.3) is 0 Å². The standard InChI is InChI=1S/C46H72N2O7Si/c1-34-18-16-22-40(52-10)21-15-14-20-38(5)44(55-43(50)29-27-35(2)24-25-36(3)30-41(53-11)23-17-19-34)39(6)28-26-37(4)31-47-45(51)42(48-33-49)32-54-56(12,13)46(7,8)9/h14-15,17-21,24-30,33,35,38,40-42,44H,16,22-23,31-32H2,1-13H3,(H,47,51)(H,48,49)/b19-17+,20-14+,21-15+,25-24+,29-27+,34-18-,36-30+,37-26+,39-28+/t35-,38+,40-,41+,42+,44+/m1/s1. The molecule has 2 N–H and O–H groups in total. The number of hydrogen-bond acceptors (Lipinski definition) is 7. The van der Waals surface area contributed by atoms with Crippen molar-refractivity contribution in [1.29, 1.82) is 0 Å². The molecule has 9 nitrogen and oxygen atoms in total. The Bertz CT molecular complexity index is 1520. The van der Waals surface area contributed by atoms with Crippen molar-refractivity contribution in [3.8, 4) is 0 Å². The van der Waals surface area contributed by atoms with Gasteiger partial charge in [0.05, 0.1) is 18.8 Å². The number of amides is 2. The lowest BCUT2D eigenvalue weighted by atomic mass is 9.96. The third kappa shape index (κ3) is 20.4. The number of carbonyl (C=O) groups is 3. The number of cyclic esters (lactones) is 1. The average molecular weight is 793 g/mol. The van der Waals surface area contributed by atoms with Gasteiger partial charge in [0.15, 0.2) is 8.32 Å². The number of rotatable bonds is 12. The van der Waals surface area contributed by atoms with Crippen LogP contribution in [-0.4, -0.2) is 78.3 Å². The van der Waals surface area contributed by atoms with E-state index in [0.29, 0.717) is 6.41 Å². The monoisotopic (exact) mass is 793 g/mol. The van der Waals surface area contributed by atoms with E-state index in [9.17, 15) is 14.4 Å². The first kappa shape index (κ1) is 50.2. The van der Waals surface area contributed by atoms with Gasteiger partial charge in [-0.25, -0.2) is 4.79 Å². The fourth-order valence-corrected chi connectivity index (χ4v) is 6.29. The molecule has 56 heavy (non-hydrogen) atoms. The number of methoxy groups -OCH3 is 2. The molecule has 0 aromatic heterocycles. The summed E-state index contributed by atoms with van der Waals surface area (Å²) in [5, 5.41) is 5.48. The molecule has 0 saturated heterocycles. The molecule has 1 heterocycles. The molecule has 10 heteroatoms. The molecule has 0 bridgehead atoms. The van der Waals surface area contributed by atoms with Gasteiger partial charge in [0.1, 0.15) is 12.1 Å². The van der Waals surface area contributed by atoms with E-state index in [1.807, 2.05) is 89.3 Å². The number of hydrogen-bond donors (Lipinski definition) is 2. The van der Waals surface area contributed by atoms with Crippen LogP contribution in [0.3, 0.4) is 0 Å². The van der Waals surface area contributed by atoms with Crippen LogP contribution < -0.4 is 10.6 Å². The fourth-order valence-electron chi connectivity index (χ4n) is 5.28. The summed E-state index contributed by atoms with van der Waals surface area (Å²) < 4.78 is 23.7. The van der Waals surface area contributed by atoms with Crippen molar-refractivity contribution >= 4 is 26.6 Å². The van der Waals surface area contributed by atoms with E-state index in [-0.39, 0.29) is 48.1 Å². The largest absolute Gasteiger partial charge is 0.454 e. The molecule has 0 unspecified atom stereocenters. The van der Waals surface area contributed by atoms with Crippen molar-refractivity contribution in [2.45, 2.75) is 124 Å². The van der Waals surface area contributed by atoms with Gasteiger partial charge in [-0.15, -0.1) is 0 Å². The van der Waals surface area contributed by atoms with Crippen molar-refractivity contribution in [2.24, 2.45) is 11.8 Å². The van der Waals surface area contributed by atoms with E-state index < -0.39 is 26.4 Å². The van der Waals surface area contributed by atoms with Crippen molar-refractivity contribution in [3.05, 3.63) is 107 Å². The van der Waals surface area contributed by atoms with E-state index >= 15 is 0 Å². The Kier molecular flexibility index (Phi) is 23.4. The van der Waals surface area contributed by atoms with Crippen LogP contribution in [0.2, 0.25) is 18.1 Å². The summed E-state index contributed by atoms with van der Waals surface area (Å²) in [6.07, 6.45) is 30.2. The summed E-state index contributed by atoms with van der Waals surface area (Å²) >= 11 is 0. The van der Waals surface area contributed by atoms with Crippen LogP contribution in [0, 0.1) is 11.8 Å². The maximum absolute atomic E-state index is 13.2. The average Bonchev–Trinajstić information content (AvgIpc) is 3.14. The lowest BCUT2D eigenvalue weighted by Crippen LogP contribution is -2.50. The van der Waals surface area contributed by atoms with E-state index in [0.717, 1.165) is 36.0 Å². The molecule has 1 aliphatic rings. The van der Waals surface area contributed by atoms with Gasteiger partial charge in [-0.1, -0.05) is 130 Å². The molecule has 1 aliphatic heterocycles. The number of ether oxygens (including phenoxy) is 3. The summed E-state index contributed by atoms with van der Waals surface area (Å²) in [6.45, 7) is 23.0. The minimum atomic E-state index is -2.12. The molecular formula is C46H72N2O7Si. The third-order valence-electron chi connectivity index (χ3n) is 10.1. The fraction of sp³-hybridized carbons (Fsp3) is 0.543. The Morgan fingerprint density at radius 1 is 0.964 bits per heavy atom. The van der Waals surface area contributed by atoms with Crippen LogP contribution in [0.1, 0.15) is 81.6 Å². The van der Waals surface area contributed by atoms with Crippen LogP contribution in [0.25, 0.3) is 0 Å². The Balaban J connectivity index is 3.29. The molecule has 0 fully saturated rings. The van der Waals surface area contributed by atoms with Crippen molar-refractivity contribution in [3.63, 3.8) is 0 Å². The Morgan fingerprint density at radius 2 is 1.62 bits per heavy atom. The first-order chi connectivity index (χ1) is 26.3. The van der Waals surface area contributed by atoms with Gasteiger partial charge in [0.2, 0.25) is 12.3 Å². The van der Waals surface area contributed by atoms with Gasteiger partial charge in [0, 0.05) is 32.8 Å². The summed E-state index contributed by atoms with van der Waals surface area (Å²) in [5.41, 5.74) is 4.00. The van der Waals surface area contributed by atoms with Gasteiger partial charge in [-0.05, 0) is 76.6 Å². The predicted octanol–water partition coefficient (Wildman–Crippen LogP) is 9.20. The van der Waals surface area contributed by atoms with Crippen LogP contribution in [0.15, 0.2) is 107 Å². The Morgan fingerprint density at radius 3 is 2.27 bits per heavy atom. The molecule has 0 aromatic rings. The third-order valence-corrected chi connectivity index (χ3v) is 14.6. The van der Waals surface area contributed by atoms with Gasteiger partial charge >= 0.3 is 5.97 Å². The molecule has 0 saturated carbocycles. The van der Waals surface area contributed by atoms with Crippen LogP contribution in [0.5, 0.6) is 0 Å². The molecule has 6 atom stereocenters. The second-order valence-corrected chi connectivity index (χ2v) is 21.0. The summed E-state index contributed by atoms with van der Waals surface area (Å²) in [5.74, 6) is -0.911. The Labute approximate surface area is 339 Å². The van der Waals surface area contributed by atoms with Gasteiger partial charge in [-0.2, -0.15) is 0 Å². The quantitative estimate of drug-likeness (QED) is 0.0878. The zero-order valence-corrected chi connectivity index (χ0v) is 37.5. The van der Waals surface area contributed by atoms with Crippen molar-refractivity contribution < 1.29 is 33.0 Å². The van der Waals surface area contributed by atoms with Crippen molar-refractivity contribution in [2.75, 3.05) is 27.4 Å². The minimum absolute atomic E-state index is 0.00265. The zero-order valence-electron chi connectivity index (χ0n) is 36.5. The lowest BCUT2D eigenvalue weighted by molar-refractivity contribution is -0.142. The topological polar surface area (TPSA) is 112 Å². The minimum Gasteiger partial charge on any atom is -0.454 e. The van der Waals surface area contributed by atoms with E-state index in [4.69, 9.17) is 18.6 Å². The number of esters is 1. The molecule has 1 rings (SSSR count). The second-order valence-electron chi connectivity index (χ2n) is 16.2. The predicted molar refractivity (Wildman–Crippen MR) is 234 cm³/mol. The molecule has 0 spiro atoms. The number of allylic oxidation sites excluding steroid dienone is 11. The van der Waals surface area contributed by atoms with Crippen LogP contribution in [-0.2, 0) is 33.0 Å². The number of nitrogens with one attached hydrogen (secondary N) is 2. The number of carbonyl (C=O) groups excluding carboxylic acids is 3. The SMILES string of the molecule is CO[C@@H]1/C=C(C)/C=C/[C@@H](C)/C=C/C(=O)O[C@H](/C(C)=C/C=C(\C)CNC(=O)[C@H](CO[Si](C)(C)C(C)(C)C)NC=O)[C@@H](C)/C=C/C=C/[C@@H](OC)CC/C=C(C)\C=C\C1. The molecule has 312 valence electrons. The molecule has 0 aromatic carbocycles. The van der Waals surface area contributed by atoms with Crippen LogP contribution in [0.4, 0.5) is 0 Å². The lowest BCUT2D eigenvalue weighted by Gasteiger charge is -2.37. The summed E-state index contributed by atoms with van der Waals surface area (Å²) in [6, 6.07) is -0.801. The normalized spacial score (nSPS) is 28.4. The summed E-state index contributed by atoms with van der Waals surface area (Å²) in [7, 11) is 1.31. The van der Waals surface area contributed by atoms with E-state index in [1.165, 1.54) is 11.6 Å². The van der Waals surface area contributed by atoms with Gasteiger partial charge in [-0.3, -0.25) is 9.59 Å². The smallest absolute Gasteiger partial charge is 0.331 e. The summed E-state index contributed by atoms with van der Waals surface area (Å²) in [4.78, 5) is 37.5. The highest BCUT2D eigenvalue weighted by molar-refractivity contribution is 6.74. The van der Waals surface area contributed by atoms with E-state index in [2.05, 4.69) is 75.7 Å². The molecule has 0 radical (unpaired) electrons. The van der Waals surface area contributed by atoms with Gasteiger partial charge < -0.3 is 29.3 Å². The zero-order chi connectivity index (χ0) is 42.3.